The zero-order valence-corrected chi connectivity index (χ0v) is 20.4. The van der Waals surface area contributed by atoms with E-state index in [1.807, 2.05) is 24.3 Å². The summed E-state index contributed by atoms with van der Waals surface area (Å²) in [4.78, 5) is 19.8. The number of hydrogen-bond acceptors (Lipinski definition) is 5. The number of aromatic nitrogens is 2. The number of nitrogens with one attached hydrogen (secondary N) is 1. The molecule has 0 spiro atoms. The second-order valence-electron chi connectivity index (χ2n) is 8.68. The average molecular weight is 497 g/mol. The quantitative estimate of drug-likeness (QED) is 0.507. The van der Waals surface area contributed by atoms with E-state index in [1.54, 1.807) is 0 Å². The van der Waals surface area contributed by atoms with Crippen molar-refractivity contribution < 1.29 is 9.32 Å². The van der Waals surface area contributed by atoms with Crippen LogP contribution in [0.1, 0.15) is 48.4 Å². The van der Waals surface area contributed by atoms with Crippen molar-refractivity contribution in [2.75, 3.05) is 13.1 Å². The van der Waals surface area contributed by atoms with Gasteiger partial charge in [-0.3, -0.25) is 9.69 Å². The molecule has 2 atom stereocenters. The highest BCUT2D eigenvalue weighted by atomic mass is 79.9. The number of piperidine rings is 1. The number of likely N-dealkylation sites (tertiary alicyclic amines) is 1. The molecule has 0 saturated carbocycles. The molecule has 1 fully saturated rings. The molecule has 1 amide bonds. The topological polar surface area (TPSA) is 71.3 Å². The Morgan fingerprint density at radius 1 is 1.25 bits per heavy atom. The molecule has 0 aliphatic carbocycles. The van der Waals surface area contributed by atoms with Crippen molar-refractivity contribution in [1.29, 1.82) is 0 Å². The van der Waals surface area contributed by atoms with Crippen LogP contribution in [0.15, 0.2) is 51.5 Å². The van der Waals surface area contributed by atoms with E-state index in [4.69, 9.17) is 4.52 Å². The van der Waals surface area contributed by atoms with E-state index >= 15 is 0 Å². The molecule has 2 unspecified atom stereocenters. The van der Waals surface area contributed by atoms with Crippen LogP contribution < -0.4 is 5.32 Å². The fraction of sp³-hybridized carbons (Fsp3) is 0.400. The molecule has 3 aromatic rings. The molecule has 1 aromatic heterocycles. The third-order valence-corrected chi connectivity index (χ3v) is 6.58. The number of benzene rings is 2. The van der Waals surface area contributed by atoms with Crippen LogP contribution in [0.25, 0.3) is 11.4 Å². The van der Waals surface area contributed by atoms with E-state index in [-0.39, 0.29) is 17.9 Å². The molecule has 1 aliphatic heterocycles. The van der Waals surface area contributed by atoms with Gasteiger partial charge in [-0.2, -0.15) is 4.98 Å². The van der Waals surface area contributed by atoms with Crippen LogP contribution >= 0.6 is 15.9 Å². The van der Waals surface area contributed by atoms with Gasteiger partial charge in [0.2, 0.25) is 17.6 Å². The molecule has 6 nitrogen and oxygen atoms in total. The number of halogens is 1. The number of rotatable bonds is 6. The summed E-state index contributed by atoms with van der Waals surface area (Å²) < 4.78 is 6.49. The van der Waals surface area contributed by atoms with Crippen molar-refractivity contribution in [1.82, 2.24) is 20.4 Å². The average Bonchev–Trinajstić information content (AvgIpc) is 3.22. The van der Waals surface area contributed by atoms with Crippen LogP contribution in [0, 0.1) is 19.8 Å². The summed E-state index contributed by atoms with van der Waals surface area (Å²) in [5.41, 5.74) is 4.53. The number of hydrogen-bond donors (Lipinski definition) is 1. The molecule has 168 valence electrons. The molecule has 0 bridgehead atoms. The molecular formula is C25H29BrN4O2. The molecule has 1 saturated heterocycles. The summed E-state index contributed by atoms with van der Waals surface area (Å²) >= 11 is 3.44. The molecular weight excluding hydrogens is 468 g/mol. The summed E-state index contributed by atoms with van der Waals surface area (Å²) in [6.45, 7) is 8.41. The van der Waals surface area contributed by atoms with Gasteiger partial charge in [0.05, 0.1) is 18.5 Å². The van der Waals surface area contributed by atoms with Crippen molar-refractivity contribution in [3.8, 4) is 11.4 Å². The van der Waals surface area contributed by atoms with Gasteiger partial charge in [-0.1, -0.05) is 44.8 Å². The molecule has 2 aromatic carbocycles. The molecule has 4 rings (SSSR count). The van der Waals surface area contributed by atoms with Crippen LogP contribution in [0.2, 0.25) is 0 Å². The first kappa shape index (κ1) is 22.7. The first-order valence-corrected chi connectivity index (χ1v) is 11.9. The maximum Gasteiger partial charge on any atom is 0.241 e. The highest BCUT2D eigenvalue weighted by Gasteiger charge is 2.28. The Balaban J connectivity index is 1.35. The Hall–Kier alpha value is -2.51. The lowest BCUT2D eigenvalue weighted by Crippen LogP contribution is -2.43. The van der Waals surface area contributed by atoms with Crippen molar-refractivity contribution in [3.63, 3.8) is 0 Å². The molecule has 2 heterocycles. The summed E-state index contributed by atoms with van der Waals surface area (Å²) in [5, 5.41) is 7.34. The highest BCUT2D eigenvalue weighted by molar-refractivity contribution is 9.10. The molecule has 32 heavy (non-hydrogen) atoms. The Morgan fingerprint density at radius 3 is 2.78 bits per heavy atom. The standard InChI is InChI=1S/C25H29BrN4O2/c1-16-6-11-22(17(2)13-16)18(3)27-25(31)20-5-4-12-30(14-20)15-23-28-24(29-32-23)19-7-9-21(26)10-8-19/h6-11,13,18,20H,4-5,12,14-15H2,1-3H3,(H,27,31). The second kappa shape index (κ2) is 9.96. The van der Waals surface area contributed by atoms with Crippen LogP contribution in [-0.2, 0) is 11.3 Å². The fourth-order valence-electron chi connectivity index (χ4n) is 4.36. The number of carbonyl (C=O) groups excluding carboxylic acids is 1. The lowest BCUT2D eigenvalue weighted by atomic mass is 9.95. The van der Waals surface area contributed by atoms with Crippen LogP contribution in [0.3, 0.4) is 0 Å². The minimum atomic E-state index is -0.0363. The van der Waals surface area contributed by atoms with Gasteiger partial charge >= 0.3 is 0 Å². The predicted octanol–water partition coefficient (Wildman–Crippen LogP) is 5.21. The van der Waals surface area contributed by atoms with E-state index in [0.717, 1.165) is 29.4 Å². The zero-order valence-electron chi connectivity index (χ0n) is 18.8. The minimum Gasteiger partial charge on any atom is -0.349 e. The third-order valence-electron chi connectivity index (χ3n) is 6.06. The Kier molecular flexibility index (Phi) is 7.06. The lowest BCUT2D eigenvalue weighted by molar-refractivity contribution is -0.127. The van der Waals surface area contributed by atoms with Crippen molar-refractivity contribution >= 4 is 21.8 Å². The van der Waals surface area contributed by atoms with Gasteiger partial charge in [-0.15, -0.1) is 0 Å². The normalized spacial score (nSPS) is 17.8. The Morgan fingerprint density at radius 2 is 2.03 bits per heavy atom. The van der Waals surface area contributed by atoms with E-state index in [1.165, 1.54) is 16.7 Å². The molecule has 1 aliphatic rings. The maximum absolute atomic E-state index is 13.0. The van der Waals surface area contributed by atoms with Gasteiger partial charge in [0, 0.05) is 16.6 Å². The van der Waals surface area contributed by atoms with Gasteiger partial charge in [-0.05, 0) is 75.5 Å². The minimum absolute atomic E-state index is 0.0112. The van der Waals surface area contributed by atoms with Crippen LogP contribution in [0.4, 0.5) is 0 Å². The summed E-state index contributed by atoms with van der Waals surface area (Å²) in [6.07, 6.45) is 1.87. The highest BCUT2D eigenvalue weighted by Crippen LogP contribution is 2.23. The van der Waals surface area contributed by atoms with Crippen LogP contribution in [0.5, 0.6) is 0 Å². The maximum atomic E-state index is 13.0. The van der Waals surface area contributed by atoms with E-state index in [0.29, 0.717) is 24.8 Å². The Labute approximate surface area is 197 Å². The van der Waals surface area contributed by atoms with Crippen molar-refractivity contribution in [2.45, 2.75) is 46.2 Å². The SMILES string of the molecule is Cc1ccc(C(C)NC(=O)C2CCCN(Cc3nc(-c4ccc(Br)cc4)no3)C2)c(C)c1. The van der Waals surface area contributed by atoms with E-state index < -0.39 is 0 Å². The Bertz CT molecular complexity index is 1080. The zero-order chi connectivity index (χ0) is 22.7. The third kappa shape index (κ3) is 5.45. The van der Waals surface area contributed by atoms with Gasteiger partial charge < -0.3 is 9.84 Å². The predicted molar refractivity (Wildman–Crippen MR) is 128 cm³/mol. The van der Waals surface area contributed by atoms with Crippen LogP contribution in [-0.4, -0.2) is 34.0 Å². The van der Waals surface area contributed by atoms with Gasteiger partial charge in [0.15, 0.2) is 0 Å². The summed E-state index contributed by atoms with van der Waals surface area (Å²) in [6, 6.07) is 14.2. The number of carbonyl (C=O) groups is 1. The number of nitrogens with zero attached hydrogens (tertiary/aromatic N) is 3. The molecule has 7 heteroatoms. The monoisotopic (exact) mass is 496 g/mol. The first-order chi connectivity index (χ1) is 15.4. The van der Waals surface area contributed by atoms with E-state index in [9.17, 15) is 4.79 Å². The van der Waals surface area contributed by atoms with Gasteiger partial charge in [0.25, 0.3) is 0 Å². The molecule has 0 radical (unpaired) electrons. The van der Waals surface area contributed by atoms with Crippen molar-refractivity contribution in [3.05, 3.63) is 69.5 Å². The number of aryl methyl sites for hydroxylation is 2. The lowest BCUT2D eigenvalue weighted by Gasteiger charge is -2.31. The van der Waals surface area contributed by atoms with E-state index in [2.05, 4.69) is 75.3 Å². The summed E-state index contributed by atoms with van der Waals surface area (Å²) in [7, 11) is 0. The summed E-state index contributed by atoms with van der Waals surface area (Å²) in [5.74, 6) is 1.24. The largest absolute Gasteiger partial charge is 0.349 e. The molecule has 1 N–H and O–H groups in total. The second-order valence-corrected chi connectivity index (χ2v) is 9.60. The number of amides is 1. The smallest absolute Gasteiger partial charge is 0.241 e. The fourth-order valence-corrected chi connectivity index (χ4v) is 4.62. The van der Waals surface area contributed by atoms with Crippen molar-refractivity contribution in [2.24, 2.45) is 5.92 Å². The van der Waals surface area contributed by atoms with Gasteiger partial charge in [0.1, 0.15) is 0 Å². The van der Waals surface area contributed by atoms with Gasteiger partial charge in [-0.25, -0.2) is 0 Å². The first-order valence-electron chi connectivity index (χ1n) is 11.1.